The molecule has 2 nitrogen and oxygen atoms in total. The van der Waals surface area contributed by atoms with Gasteiger partial charge in [0.05, 0.1) is 0 Å². The van der Waals surface area contributed by atoms with Gasteiger partial charge in [-0.05, 0) is 36.4 Å². The molecule has 1 amide bonds. The molecule has 0 heterocycles. The van der Waals surface area contributed by atoms with Gasteiger partial charge in [-0.1, -0.05) is 31.9 Å². The summed E-state index contributed by atoms with van der Waals surface area (Å²) in [6.45, 7) is -0.0768. The molecule has 2 aromatic rings. The van der Waals surface area contributed by atoms with E-state index in [0.29, 0.717) is 5.56 Å². The molecule has 6 heteroatoms. The number of halogens is 4. The highest BCUT2D eigenvalue weighted by Crippen LogP contribution is 2.20. The molecular formula is C14H9Br2F2NO. The molecule has 20 heavy (non-hydrogen) atoms. The van der Waals surface area contributed by atoms with Gasteiger partial charge in [-0.25, -0.2) is 8.78 Å². The average molecular weight is 405 g/mol. The first kappa shape index (κ1) is 15.1. The van der Waals surface area contributed by atoms with Crippen molar-refractivity contribution in [3.63, 3.8) is 0 Å². The quantitative estimate of drug-likeness (QED) is 0.805. The molecule has 0 bridgehead atoms. The largest absolute Gasteiger partial charge is 0.348 e. The smallest absolute Gasteiger partial charge is 0.251 e. The molecule has 0 atom stereocenters. The number of nitrogens with one attached hydrogen (secondary N) is 1. The van der Waals surface area contributed by atoms with Crippen LogP contribution in [0.1, 0.15) is 15.9 Å². The lowest BCUT2D eigenvalue weighted by atomic mass is 10.2. The molecule has 0 saturated carbocycles. The number of carbonyl (C=O) groups excluding carboxylic acids is 1. The summed E-state index contributed by atoms with van der Waals surface area (Å²) in [7, 11) is 0. The van der Waals surface area contributed by atoms with Crippen LogP contribution in [0, 0.1) is 11.6 Å². The van der Waals surface area contributed by atoms with Gasteiger partial charge in [-0.3, -0.25) is 4.79 Å². The number of hydrogen-bond donors (Lipinski definition) is 1. The van der Waals surface area contributed by atoms with Gasteiger partial charge in [-0.2, -0.15) is 0 Å². The average Bonchev–Trinajstić information content (AvgIpc) is 2.38. The Labute approximate surface area is 131 Å². The first-order valence-electron chi connectivity index (χ1n) is 5.64. The van der Waals surface area contributed by atoms with Crippen molar-refractivity contribution in [1.82, 2.24) is 5.32 Å². The lowest BCUT2D eigenvalue weighted by molar-refractivity contribution is 0.0950. The van der Waals surface area contributed by atoms with Gasteiger partial charge in [0.15, 0.2) is 0 Å². The Bertz CT molecular complexity index is 641. The van der Waals surface area contributed by atoms with Crippen molar-refractivity contribution in [3.8, 4) is 0 Å². The van der Waals surface area contributed by atoms with E-state index in [1.165, 1.54) is 0 Å². The molecule has 1 N–H and O–H groups in total. The fourth-order valence-electron chi connectivity index (χ4n) is 1.64. The molecular weight excluding hydrogens is 396 g/mol. The van der Waals surface area contributed by atoms with Crippen LogP contribution in [0.25, 0.3) is 0 Å². The monoisotopic (exact) mass is 403 g/mol. The van der Waals surface area contributed by atoms with Crippen LogP contribution in [0.5, 0.6) is 0 Å². The standard InChI is InChI=1S/C14H9Br2F2NO/c15-10-3-8(4-11(16)6-10)14(20)19-7-9-5-12(17)1-2-13(9)18/h1-6H,7H2,(H,19,20). The van der Waals surface area contributed by atoms with Gasteiger partial charge in [0.1, 0.15) is 11.6 Å². The second-order valence-electron chi connectivity index (χ2n) is 4.08. The summed E-state index contributed by atoms with van der Waals surface area (Å²) >= 11 is 6.56. The Morgan fingerprint density at radius 2 is 1.70 bits per heavy atom. The molecule has 0 aliphatic rings. The maximum absolute atomic E-state index is 13.4. The van der Waals surface area contributed by atoms with Crippen LogP contribution in [0.4, 0.5) is 8.78 Å². The molecule has 2 aromatic carbocycles. The van der Waals surface area contributed by atoms with E-state index in [9.17, 15) is 13.6 Å². The molecule has 104 valence electrons. The molecule has 0 unspecified atom stereocenters. The molecule has 0 spiro atoms. The maximum Gasteiger partial charge on any atom is 0.251 e. The van der Waals surface area contributed by atoms with Crippen molar-refractivity contribution < 1.29 is 13.6 Å². The summed E-state index contributed by atoms with van der Waals surface area (Å²) in [5.41, 5.74) is 0.524. The van der Waals surface area contributed by atoms with Crippen molar-refractivity contribution in [2.24, 2.45) is 0 Å². The zero-order valence-electron chi connectivity index (χ0n) is 10.1. The van der Waals surface area contributed by atoms with Crippen molar-refractivity contribution in [1.29, 1.82) is 0 Å². The van der Waals surface area contributed by atoms with E-state index >= 15 is 0 Å². The Balaban J connectivity index is 2.10. The normalized spacial score (nSPS) is 10.4. The van der Waals surface area contributed by atoms with Crippen LogP contribution in [0.3, 0.4) is 0 Å². The molecule has 0 fully saturated rings. The summed E-state index contributed by atoms with van der Waals surface area (Å²) < 4.78 is 27.9. The molecule has 0 aliphatic carbocycles. The highest BCUT2D eigenvalue weighted by atomic mass is 79.9. The highest BCUT2D eigenvalue weighted by molar-refractivity contribution is 9.11. The van der Waals surface area contributed by atoms with Crippen LogP contribution in [-0.4, -0.2) is 5.91 Å². The second kappa shape index (κ2) is 6.45. The summed E-state index contributed by atoms with van der Waals surface area (Å²) in [4.78, 5) is 11.9. The van der Waals surface area contributed by atoms with Crippen molar-refractivity contribution in [2.45, 2.75) is 6.54 Å². The summed E-state index contributed by atoms with van der Waals surface area (Å²) in [6.07, 6.45) is 0. The molecule has 0 aliphatic heterocycles. The number of benzene rings is 2. The van der Waals surface area contributed by atoms with E-state index in [2.05, 4.69) is 37.2 Å². The number of hydrogen-bond acceptors (Lipinski definition) is 1. The van der Waals surface area contributed by atoms with E-state index < -0.39 is 11.6 Å². The minimum Gasteiger partial charge on any atom is -0.348 e. The Morgan fingerprint density at radius 3 is 2.35 bits per heavy atom. The van der Waals surface area contributed by atoms with Gasteiger partial charge < -0.3 is 5.32 Å². The van der Waals surface area contributed by atoms with Crippen molar-refractivity contribution >= 4 is 37.8 Å². The van der Waals surface area contributed by atoms with Gasteiger partial charge in [0.25, 0.3) is 5.91 Å². The minimum absolute atomic E-state index is 0.0768. The first-order chi connectivity index (χ1) is 9.45. The zero-order valence-corrected chi connectivity index (χ0v) is 13.3. The van der Waals surface area contributed by atoms with Crippen LogP contribution < -0.4 is 5.32 Å². The number of rotatable bonds is 3. The lowest BCUT2D eigenvalue weighted by Gasteiger charge is -2.07. The van der Waals surface area contributed by atoms with Crippen molar-refractivity contribution in [3.05, 3.63) is 68.1 Å². The van der Waals surface area contributed by atoms with E-state index in [4.69, 9.17) is 0 Å². The van der Waals surface area contributed by atoms with Crippen LogP contribution in [-0.2, 0) is 6.54 Å². The van der Waals surface area contributed by atoms with Gasteiger partial charge >= 0.3 is 0 Å². The Hall–Kier alpha value is -1.27. The summed E-state index contributed by atoms with van der Waals surface area (Å²) in [5.74, 6) is -1.46. The number of amides is 1. The fraction of sp³-hybridized carbons (Fsp3) is 0.0714. The fourth-order valence-corrected chi connectivity index (χ4v) is 2.93. The molecule has 0 radical (unpaired) electrons. The first-order valence-corrected chi connectivity index (χ1v) is 7.22. The molecule has 0 saturated heterocycles. The highest BCUT2D eigenvalue weighted by Gasteiger charge is 2.09. The van der Waals surface area contributed by atoms with E-state index in [1.54, 1.807) is 18.2 Å². The maximum atomic E-state index is 13.4. The van der Waals surface area contributed by atoms with Crippen molar-refractivity contribution in [2.75, 3.05) is 0 Å². The van der Waals surface area contributed by atoms with Gasteiger partial charge in [0.2, 0.25) is 0 Å². The third kappa shape index (κ3) is 3.86. The number of carbonyl (C=O) groups is 1. The van der Waals surface area contributed by atoms with Crippen LogP contribution >= 0.6 is 31.9 Å². The zero-order chi connectivity index (χ0) is 14.7. The van der Waals surface area contributed by atoms with Gasteiger partial charge in [-0.15, -0.1) is 0 Å². The Kier molecular flexibility index (Phi) is 4.88. The van der Waals surface area contributed by atoms with Crippen LogP contribution in [0.15, 0.2) is 45.3 Å². The molecule has 0 aromatic heterocycles. The SMILES string of the molecule is O=C(NCc1cc(F)ccc1F)c1cc(Br)cc(Br)c1. The van der Waals surface area contributed by atoms with Gasteiger partial charge in [0, 0.05) is 26.6 Å². The second-order valence-corrected chi connectivity index (χ2v) is 5.91. The summed E-state index contributed by atoms with van der Waals surface area (Å²) in [5, 5.41) is 2.55. The third-order valence-corrected chi connectivity index (χ3v) is 3.49. The predicted molar refractivity (Wildman–Crippen MR) is 79.4 cm³/mol. The van der Waals surface area contributed by atoms with E-state index in [1.807, 2.05) is 0 Å². The lowest BCUT2D eigenvalue weighted by Crippen LogP contribution is -2.23. The summed E-state index contributed by atoms with van der Waals surface area (Å²) in [6, 6.07) is 8.21. The van der Waals surface area contributed by atoms with E-state index in [-0.39, 0.29) is 18.0 Å². The molecule has 2 rings (SSSR count). The van der Waals surface area contributed by atoms with E-state index in [0.717, 1.165) is 27.1 Å². The Morgan fingerprint density at radius 1 is 1.05 bits per heavy atom. The predicted octanol–water partition coefficient (Wildman–Crippen LogP) is 4.42. The topological polar surface area (TPSA) is 29.1 Å². The third-order valence-electron chi connectivity index (χ3n) is 2.57. The van der Waals surface area contributed by atoms with Crippen LogP contribution in [0.2, 0.25) is 0 Å². The minimum atomic E-state index is -0.554.